The van der Waals surface area contributed by atoms with Gasteiger partial charge in [-0.15, -0.1) is 4.40 Å². The smallest absolute Gasteiger partial charge is 0.257 e. The molecule has 0 saturated carbocycles. The van der Waals surface area contributed by atoms with E-state index in [0.717, 1.165) is 18.4 Å². The van der Waals surface area contributed by atoms with Gasteiger partial charge in [0.05, 0.1) is 24.5 Å². The molecule has 1 amide bonds. The summed E-state index contributed by atoms with van der Waals surface area (Å²) in [6.07, 6.45) is 6.79. The molecule has 1 aromatic carbocycles. The molecule has 9 heteroatoms. The van der Waals surface area contributed by atoms with Crippen molar-refractivity contribution in [3.8, 4) is 11.5 Å². The van der Waals surface area contributed by atoms with E-state index in [2.05, 4.69) is 4.40 Å². The Morgan fingerprint density at radius 3 is 2.69 bits per heavy atom. The fourth-order valence-electron chi connectivity index (χ4n) is 3.55. The summed E-state index contributed by atoms with van der Waals surface area (Å²) in [5.74, 6) is 1.22. The molecule has 2 heterocycles. The maximum atomic E-state index is 13.4. The maximum absolute atomic E-state index is 13.4. The summed E-state index contributed by atoms with van der Waals surface area (Å²) in [6, 6.07) is 5.69. The fraction of sp³-hybridized carbons (Fsp3) is 0.478. The summed E-state index contributed by atoms with van der Waals surface area (Å²) >= 11 is 0. The number of ether oxygens (including phenoxy) is 2. The summed E-state index contributed by atoms with van der Waals surface area (Å²) in [5.41, 5.74) is 1.19. The van der Waals surface area contributed by atoms with Crippen molar-refractivity contribution in [2.24, 2.45) is 4.40 Å². The third kappa shape index (κ3) is 5.70. The quantitative estimate of drug-likeness (QED) is 0.532. The first kappa shape index (κ1) is 23.8. The van der Waals surface area contributed by atoms with Crippen molar-refractivity contribution in [1.29, 1.82) is 0 Å². The van der Waals surface area contributed by atoms with Gasteiger partial charge in [-0.25, -0.2) is 8.42 Å². The second kappa shape index (κ2) is 10.7. The Hall–Kier alpha value is -2.81. The molecule has 0 aliphatic carbocycles. The van der Waals surface area contributed by atoms with Crippen LogP contribution in [0, 0.1) is 0 Å². The van der Waals surface area contributed by atoms with Crippen LogP contribution in [0.15, 0.2) is 46.5 Å². The molecular weight excluding hydrogens is 430 g/mol. The molecular formula is C23H31N3O5S. The molecule has 0 saturated heterocycles. The van der Waals surface area contributed by atoms with E-state index in [4.69, 9.17) is 9.47 Å². The van der Waals surface area contributed by atoms with Gasteiger partial charge in [0.1, 0.15) is 0 Å². The van der Waals surface area contributed by atoms with Gasteiger partial charge >= 0.3 is 0 Å². The van der Waals surface area contributed by atoms with Crippen molar-refractivity contribution in [2.45, 2.75) is 40.2 Å². The molecule has 3 rings (SSSR count). The predicted octanol–water partition coefficient (Wildman–Crippen LogP) is 3.11. The largest absolute Gasteiger partial charge is 0.490 e. The van der Waals surface area contributed by atoms with Crippen molar-refractivity contribution in [3.05, 3.63) is 47.7 Å². The van der Waals surface area contributed by atoms with Crippen LogP contribution < -0.4 is 9.47 Å². The minimum absolute atomic E-state index is 0.0619. The Morgan fingerprint density at radius 2 is 1.97 bits per heavy atom. The van der Waals surface area contributed by atoms with Crippen LogP contribution in [0.3, 0.4) is 0 Å². The van der Waals surface area contributed by atoms with Crippen molar-refractivity contribution >= 4 is 21.8 Å². The standard InChI is InChI=1S/C23H31N3O5S/c1-4-11-26(17-18-9-10-20(31-14-5-2)21(16-18)30-6-3)23(27)19-8-7-12-25-13-15-32(28,29)24-22(19)25/h7-10,12,16H,4-6,11,13-15,17H2,1-3H3. The zero-order chi connectivity index (χ0) is 23.1. The van der Waals surface area contributed by atoms with Gasteiger partial charge in [-0.3, -0.25) is 4.79 Å². The number of nitrogens with zero attached hydrogens (tertiary/aromatic N) is 3. The molecule has 2 aliphatic rings. The molecule has 8 nitrogen and oxygen atoms in total. The molecule has 0 fully saturated rings. The first-order valence-corrected chi connectivity index (χ1v) is 12.6. The number of carbonyl (C=O) groups is 1. The predicted molar refractivity (Wildman–Crippen MR) is 124 cm³/mol. The summed E-state index contributed by atoms with van der Waals surface area (Å²) in [4.78, 5) is 16.9. The lowest BCUT2D eigenvalue weighted by atomic mass is 10.1. The zero-order valence-electron chi connectivity index (χ0n) is 18.9. The van der Waals surface area contributed by atoms with E-state index in [1.165, 1.54) is 0 Å². The van der Waals surface area contributed by atoms with Gasteiger partial charge in [0, 0.05) is 25.8 Å². The van der Waals surface area contributed by atoms with E-state index >= 15 is 0 Å². The second-order valence-electron chi connectivity index (χ2n) is 7.61. The van der Waals surface area contributed by atoms with Crippen LogP contribution in [0.1, 0.15) is 39.2 Å². The van der Waals surface area contributed by atoms with Gasteiger partial charge < -0.3 is 19.3 Å². The molecule has 174 valence electrons. The second-order valence-corrected chi connectivity index (χ2v) is 9.36. The van der Waals surface area contributed by atoms with E-state index in [0.29, 0.717) is 37.8 Å². The van der Waals surface area contributed by atoms with Crippen molar-refractivity contribution in [1.82, 2.24) is 9.80 Å². The van der Waals surface area contributed by atoms with Gasteiger partial charge in [-0.1, -0.05) is 19.9 Å². The van der Waals surface area contributed by atoms with Crippen LogP contribution in [0.4, 0.5) is 0 Å². The maximum Gasteiger partial charge on any atom is 0.257 e. The minimum atomic E-state index is -3.57. The lowest BCUT2D eigenvalue weighted by molar-refractivity contribution is -0.127. The number of sulfonamides is 1. The number of rotatable bonds is 10. The summed E-state index contributed by atoms with van der Waals surface area (Å²) in [7, 11) is -3.57. The van der Waals surface area contributed by atoms with Gasteiger partial charge in [0.2, 0.25) is 0 Å². The van der Waals surface area contributed by atoms with Gasteiger partial charge in [-0.2, -0.15) is 0 Å². The summed E-state index contributed by atoms with van der Waals surface area (Å²) in [5, 5.41) is 0. The average Bonchev–Trinajstić information content (AvgIpc) is 2.77. The third-order valence-electron chi connectivity index (χ3n) is 5.01. The van der Waals surface area contributed by atoms with Crippen LogP contribution in [-0.4, -0.2) is 62.0 Å². The normalized spacial score (nSPS) is 16.7. The Labute approximate surface area is 190 Å². The van der Waals surface area contributed by atoms with Crippen LogP contribution in [0.2, 0.25) is 0 Å². The molecule has 0 unspecified atom stereocenters. The number of amidine groups is 1. The van der Waals surface area contributed by atoms with Crippen molar-refractivity contribution in [3.63, 3.8) is 0 Å². The third-order valence-corrected chi connectivity index (χ3v) is 6.16. The van der Waals surface area contributed by atoms with Gasteiger partial charge in [0.25, 0.3) is 15.9 Å². The lowest BCUT2D eigenvalue weighted by Crippen LogP contribution is -2.43. The Kier molecular flexibility index (Phi) is 7.95. The molecule has 32 heavy (non-hydrogen) atoms. The molecule has 0 N–H and O–H groups in total. The van der Waals surface area contributed by atoms with Gasteiger partial charge in [0.15, 0.2) is 17.3 Å². The highest BCUT2D eigenvalue weighted by Gasteiger charge is 2.32. The van der Waals surface area contributed by atoms with Crippen LogP contribution in [0.25, 0.3) is 0 Å². The van der Waals surface area contributed by atoms with E-state index in [9.17, 15) is 13.2 Å². The van der Waals surface area contributed by atoms with Gasteiger partial charge in [-0.05, 0) is 49.6 Å². The monoisotopic (exact) mass is 461 g/mol. The number of amides is 1. The van der Waals surface area contributed by atoms with Crippen LogP contribution in [0.5, 0.6) is 11.5 Å². The number of fused-ring (bicyclic) bond motifs is 1. The molecule has 1 aromatic rings. The van der Waals surface area contributed by atoms with E-state index in [-0.39, 0.29) is 29.6 Å². The van der Waals surface area contributed by atoms with E-state index < -0.39 is 10.0 Å². The first-order chi connectivity index (χ1) is 15.4. The Bertz CT molecular complexity index is 1030. The molecule has 0 spiro atoms. The van der Waals surface area contributed by atoms with Crippen molar-refractivity contribution < 1.29 is 22.7 Å². The number of benzene rings is 1. The zero-order valence-corrected chi connectivity index (χ0v) is 19.7. The van der Waals surface area contributed by atoms with Crippen LogP contribution in [-0.2, 0) is 21.4 Å². The lowest BCUT2D eigenvalue weighted by Gasteiger charge is -2.31. The molecule has 2 aliphatic heterocycles. The summed E-state index contributed by atoms with van der Waals surface area (Å²) in [6.45, 7) is 8.23. The molecule has 0 radical (unpaired) electrons. The topological polar surface area (TPSA) is 88.5 Å². The first-order valence-electron chi connectivity index (χ1n) is 11.0. The van der Waals surface area contributed by atoms with Crippen molar-refractivity contribution in [2.75, 3.05) is 32.1 Å². The Morgan fingerprint density at radius 1 is 1.16 bits per heavy atom. The number of hydrogen-bond acceptors (Lipinski definition) is 6. The highest BCUT2D eigenvalue weighted by atomic mass is 32.2. The number of allylic oxidation sites excluding steroid dienone is 2. The fourth-order valence-corrected chi connectivity index (χ4v) is 4.53. The minimum Gasteiger partial charge on any atom is -0.490 e. The molecule has 0 aromatic heterocycles. The van der Waals surface area contributed by atoms with E-state index in [1.54, 1.807) is 28.2 Å². The summed E-state index contributed by atoms with van der Waals surface area (Å²) < 4.78 is 39.5. The number of carbonyl (C=O) groups excluding carboxylic acids is 1. The molecule has 0 bridgehead atoms. The highest BCUT2D eigenvalue weighted by molar-refractivity contribution is 7.90. The average molecular weight is 462 g/mol. The van der Waals surface area contributed by atoms with E-state index in [1.807, 2.05) is 39.0 Å². The molecule has 0 atom stereocenters. The van der Waals surface area contributed by atoms with Crippen LogP contribution >= 0.6 is 0 Å². The number of hydrogen-bond donors (Lipinski definition) is 0. The SMILES string of the molecule is CCCOc1ccc(CN(CCC)C(=O)C2=CC=CN3CCS(=O)(=O)N=C23)cc1OCC. The highest BCUT2D eigenvalue weighted by Crippen LogP contribution is 2.30. The Balaban J connectivity index is 1.86.